The van der Waals surface area contributed by atoms with Crippen LogP contribution < -0.4 is 5.32 Å². The number of urea groups is 1. The van der Waals surface area contributed by atoms with Crippen molar-refractivity contribution < 1.29 is 19.2 Å². The van der Waals surface area contributed by atoms with Gasteiger partial charge in [0, 0.05) is 32.5 Å². The van der Waals surface area contributed by atoms with Gasteiger partial charge in [-0.1, -0.05) is 5.16 Å². The van der Waals surface area contributed by atoms with E-state index in [9.17, 15) is 9.59 Å². The number of carbonyl (C=O) groups is 2. The summed E-state index contributed by atoms with van der Waals surface area (Å²) >= 11 is 0. The molecular formula is C12H20N4O4. The Bertz CT molecular complexity index is 460. The summed E-state index contributed by atoms with van der Waals surface area (Å²) in [6.45, 7) is 6.03. The molecule has 0 spiro atoms. The van der Waals surface area contributed by atoms with Crippen molar-refractivity contribution in [2.75, 3.05) is 13.1 Å². The van der Waals surface area contributed by atoms with Crippen molar-refractivity contribution in [1.82, 2.24) is 20.4 Å². The SMILES string of the molecule is CCN(C(=O)NCCc1noc(C)n1)C(C)CC(=O)O. The van der Waals surface area contributed by atoms with E-state index < -0.39 is 5.97 Å². The van der Waals surface area contributed by atoms with Crippen LogP contribution >= 0.6 is 0 Å². The van der Waals surface area contributed by atoms with E-state index in [0.29, 0.717) is 31.2 Å². The minimum atomic E-state index is -0.925. The number of rotatable bonds is 7. The fourth-order valence-electron chi connectivity index (χ4n) is 1.84. The number of hydrogen-bond donors (Lipinski definition) is 2. The van der Waals surface area contributed by atoms with Gasteiger partial charge in [0.25, 0.3) is 0 Å². The van der Waals surface area contributed by atoms with Crippen molar-refractivity contribution in [3.63, 3.8) is 0 Å². The molecule has 0 saturated heterocycles. The predicted octanol–water partition coefficient (Wildman–Crippen LogP) is 0.815. The highest BCUT2D eigenvalue weighted by atomic mass is 16.5. The lowest BCUT2D eigenvalue weighted by Crippen LogP contribution is -2.46. The summed E-state index contributed by atoms with van der Waals surface area (Å²) in [5, 5.41) is 15.2. The van der Waals surface area contributed by atoms with Crippen molar-refractivity contribution in [1.29, 1.82) is 0 Å². The van der Waals surface area contributed by atoms with Gasteiger partial charge in [0.05, 0.1) is 6.42 Å². The Labute approximate surface area is 117 Å². The Kier molecular flexibility index (Phi) is 5.95. The van der Waals surface area contributed by atoms with Crippen LogP contribution in [0.25, 0.3) is 0 Å². The Morgan fingerprint density at radius 3 is 2.70 bits per heavy atom. The molecule has 8 heteroatoms. The summed E-state index contributed by atoms with van der Waals surface area (Å²) in [6, 6.07) is -0.647. The summed E-state index contributed by atoms with van der Waals surface area (Å²) < 4.78 is 4.82. The average Bonchev–Trinajstić information content (AvgIpc) is 2.75. The van der Waals surface area contributed by atoms with E-state index >= 15 is 0 Å². The molecule has 0 aromatic carbocycles. The van der Waals surface area contributed by atoms with Crippen LogP contribution in [0.2, 0.25) is 0 Å². The summed E-state index contributed by atoms with van der Waals surface area (Å²) in [5.41, 5.74) is 0. The second kappa shape index (κ2) is 7.46. The Balaban J connectivity index is 2.41. The van der Waals surface area contributed by atoms with Crippen LogP contribution in [-0.2, 0) is 11.2 Å². The largest absolute Gasteiger partial charge is 0.481 e. The van der Waals surface area contributed by atoms with Gasteiger partial charge in [0.2, 0.25) is 5.89 Å². The smallest absolute Gasteiger partial charge is 0.317 e. The van der Waals surface area contributed by atoms with E-state index in [1.807, 2.05) is 0 Å². The van der Waals surface area contributed by atoms with Crippen LogP contribution in [0.3, 0.4) is 0 Å². The molecule has 1 rings (SSSR count). The van der Waals surface area contributed by atoms with Crippen LogP contribution in [0, 0.1) is 6.92 Å². The molecule has 1 aromatic heterocycles. The highest BCUT2D eigenvalue weighted by Gasteiger charge is 2.20. The van der Waals surface area contributed by atoms with Crippen LogP contribution in [0.15, 0.2) is 4.52 Å². The standard InChI is InChI=1S/C12H20N4O4/c1-4-16(8(2)7-11(17)18)12(19)13-6-5-10-14-9(3)20-15-10/h8H,4-7H2,1-3H3,(H,13,19)(H,17,18). The lowest BCUT2D eigenvalue weighted by atomic mass is 10.2. The van der Waals surface area contributed by atoms with Gasteiger partial charge in [-0.25, -0.2) is 4.79 Å². The zero-order valence-corrected chi connectivity index (χ0v) is 11.9. The molecule has 0 saturated carbocycles. The molecule has 8 nitrogen and oxygen atoms in total. The molecule has 1 heterocycles. The molecule has 1 unspecified atom stereocenters. The van der Waals surface area contributed by atoms with E-state index in [4.69, 9.17) is 9.63 Å². The van der Waals surface area contributed by atoms with Gasteiger partial charge in [-0.05, 0) is 13.8 Å². The number of nitrogens with one attached hydrogen (secondary N) is 1. The highest BCUT2D eigenvalue weighted by molar-refractivity contribution is 5.75. The molecule has 0 fully saturated rings. The number of amides is 2. The fraction of sp³-hybridized carbons (Fsp3) is 0.667. The van der Waals surface area contributed by atoms with Crippen LogP contribution in [0.5, 0.6) is 0 Å². The van der Waals surface area contributed by atoms with Crippen molar-refractivity contribution in [2.24, 2.45) is 0 Å². The molecule has 112 valence electrons. The van der Waals surface area contributed by atoms with Gasteiger partial charge in [-0.15, -0.1) is 0 Å². The van der Waals surface area contributed by atoms with Crippen molar-refractivity contribution >= 4 is 12.0 Å². The second-order valence-electron chi connectivity index (χ2n) is 4.44. The number of carboxylic acid groups (broad SMARTS) is 1. The number of carboxylic acids is 1. The number of hydrogen-bond acceptors (Lipinski definition) is 5. The van der Waals surface area contributed by atoms with E-state index in [1.165, 1.54) is 4.90 Å². The van der Waals surface area contributed by atoms with E-state index in [2.05, 4.69) is 15.5 Å². The van der Waals surface area contributed by atoms with Gasteiger partial charge < -0.3 is 19.8 Å². The number of aromatic nitrogens is 2. The second-order valence-corrected chi connectivity index (χ2v) is 4.44. The lowest BCUT2D eigenvalue weighted by Gasteiger charge is -2.27. The predicted molar refractivity (Wildman–Crippen MR) is 70.2 cm³/mol. The number of aliphatic carboxylic acids is 1. The van der Waals surface area contributed by atoms with Crippen LogP contribution in [0.4, 0.5) is 4.79 Å². The summed E-state index contributed by atoms with van der Waals surface area (Å²) in [6.07, 6.45) is 0.388. The molecule has 0 radical (unpaired) electrons. The minimum absolute atomic E-state index is 0.0781. The van der Waals surface area contributed by atoms with Gasteiger partial charge in [-0.2, -0.15) is 4.98 Å². The normalized spacial score (nSPS) is 11.9. The molecule has 20 heavy (non-hydrogen) atoms. The molecule has 0 aliphatic heterocycles. The Hall–Kier alpha value is -2.12. The van der Waals surface area contributed by atoms with Gasteiger partial charge in [0.15, 0.2) is 5.82 Å². The van der Waals surface area contributed by atoms with Crippen molar-refractivity contribution in [2.45, 2.75) is 39.7 Å². The van der Waals surface area contributed by atoms with Crippen molar-refractivity contribution in [3.05, 3.63) is 11.7 Å². The molecule has 0 bridgehead atoms. The maximum atomic E-state index is 12.0. The van der Waals surface area contributed by atoms with Gasteiger partial charge in [0.1, 0.15) is 0 Å². The topological polar surface area (TPSA) is 109 Å². The number of carbonyl (C=O) groups excluding carboxylic acids is 1. The summed E-state index contributed by atoms with van der Waals surface area (Å²) in [7, 11) is 0. The third-order valence-corrected chi connectivity index (χ3v) is 2.80. The maximum Gasteiger partial charge on any atom is 0.317 e. The third kappa shape index (κ3) is 4.87. The third-order valence-electron chi connectivity index (χ3n) is 2.80. The summed E-state index contributed by atoms with van der Waals surface area (Å²) in [4.78, 5) is 28.1. The molecular weight excluding hydrogens is 264 g/mol. The molecule has 2 N–H and O–H groups in total. The average molecular weight is 284 g/mol. The maximum absolute atomic E-state index is 12.0. The monoisotopic (exact) mass is 284 g/mol. The first-order valence-corrected chi connectivity index (χ1v) is 6.49. The molecule has 2 amide bonds. The molecule has 0 aliphatic carbocycles. The van der Waals surface area contributed by atoms with Gasteiger partial charge >= 0.3 is 12.0 Å². The van der Waals surface area contributed by atoms with Crippen molar-refractivity contribution in [3.8, 4) is 0 Å². The Morgan fingerprint density at radius 1 is 1.50 bits per heavy atom. The van der Waals surface area contributed by atoms with E-state index in [1.54, 1.807) is 20.8 Å². The van der Waals surface area contributed by atoms with Crippen LogP contribution in [0.1, 0.15) is 32.0 Å². The van der Waals surface area contributed by atoms with Gasteiger partial charge in [-0.3, -0.25) is 4.79 Å². The zero-order valence-electron chi connectivity index (χ0n) is 11.9. The van der Waals surface area contributed by atoms with Crippen LogP contribution in [-0.4, -0.2) is 51.3 Å². The lowest BCUT2D eigenvalue weighted by molar-refractivity contribution is -0.138. The summed E-state index contributed by atoms with van der Waals surface area (Å²) in [5.74, 6) is 0.0899. The molecule has 1 atom stereocenters. The first-order valence-electron chi connectivity index (χ1n) is 6.49. The first-order chi connectivity index (χ1) is 9.43. The fourth-order valence-corrected chi connectivity index (χ4v) is 1.84. The van der Waals surface area contributed by atoms with E-state index in [-0.39, 0.29) is 18.5 Å². The highest BCUT2D eigenvalue weighted by Crippen LogP contribution is 2.04. The minimum Gasteiger partial charge on any atom is -0.481 e. The first kappa shape index (κ1) is 15.9. The quantitative estimate of drug-likeness (QED) is 0.767. The molecule has 0 aliphatic rings. The number of nitrogens with zero attached hydrogens (tertiary/aromatic N) is 3. The number of aryl methyl sites for hydroxylation is 1. The Morgan fingerprint density at radius 2 is 2.20 bits per heavy atom. The molecule has 1 aromatic rings. The van der Waals surface area contributed by atoms with E-state index in [0.717, 1.165) is 0 Å². The zero-order chi connectivity index (χ0) is 15.1.